The highest BCUT2D eigenvalue weighted by molar-refractivity contribution is 5.94. The SMILES string of the molecule is Cc1ccnc(Oc2ccc(C(=O)NC3C4CCN(CC4)C3C)cc2)c1. The number of aromatic nitrogens is 1. The van der Waals surface area contributed by atoms with Crippen LogP contribution in [0, 0.1) is 12.8 Å². The van der Waals surface area contributed by atoms with Crippen LogP contribution in [0.4, 0.5) is 0 Å². The first-order valence-electron chi connectivity index (χ1n) is 9.35. The van der Waals surface area contributed by atoms with Crippen molar-refractivity contribution in [1.82, 2.24) is 15.2 Å². The number of piperidine rings is 3. The fourth-order valence-corrected chi connectivity index (χ4v) is 4.14. The molecule has 3 saturated heterocycles. The van der Waals surface area contributed by atoms with E-state index in [1.807, 2.05) is 43.3 Å². The van der Waals surface area contributed by atoms with Gasteiger partial charge in [-0.1, -0.05) is 0 Å². The van der Waals surface area contributed by atoms with Crippen molar-refractivity contribution in [3.05, 3.63) is 53.7 Å². The summed E-state index contributed by atoms with van der Waals surface area (Å²) in [5.74, 6) is 1.84. The molecule has 4 heterocycles. The molecular formula is C21H25N3O2. The maximum Gasteiger partial charge on any atom is 0.251 e. The highest BCUT2D eigenvalue weighted by Gasteiger charge is 2.40. The van der Waals surface area contributed by atoms with Crippen LogP contribution in [0.3, 0.4) is 0 Å². The number of aryl methyl sites for hydroxylation is 1. The van der Waals surface area contributed by atoms with Crippen LogP contribution in [0.2, 0.25) is 0 Å². The van der Waals surface area contributed by atoms with E-state index in [9.17, 15) is 4.79 Å². The molecule has 2 unspecified atom stereocenters. The molecule has 1 aromatic heterocycles. The zero-order chi connectivity index (χ0) is 18.1. The highest BCUT2D eigenvalue weighted by Crippen LogP contribution is 2.32. The predicted octanol–water partition coefficient (Wildman–Crippen LogP) is 3.39. The van der Waals surface area contributed by atoms with Crippen molar-refractivity contribution in [2.45, 2.75) is 38.8 Å². The van der Waals surface area contributed by atoms with Crippen molar-refractivity contribution in [1.29, 1.82) is 0 Å². The number of amides is 1. The maximum atomic E-state index is 12.7. The molecule has 5 heteroatoms. The van der Waals surface area contributed by atoms with Gasteiger partial charge < -0.3 is 10.1 Å². The summed E-state index contributed by atoms with van der Waals surface area (Å²) < 4.78 is 5.75. The van der Waals surface area contributed by atoms with Gasteiger partial charge in [0.25, 0.3) is 5.91 Å². The van der Waals surface area contributed by atoms with Crippen LogP contribution < -0.4 is 10.1 Å². The average molecular weight is 351 g/mol. The summed E-state index contributed by atoms with van der Waals surface area (Å²) in [5, 5.41) is 3.26. The van der Waals surface area contributed by atoms with Crippen LogP contribution in [0.5, 0.6) is 11.6 Å². The normalized spacial score (nSPS) is 27.2. The number of ether oxygens (including phenoxy) is 1. The van der Waals surface area contributed by atoms with Crippen molar-refractivity contribution in [3.8, 4) is 11.6 Å². The molecule has 3 aliphatic heterocycles. The molecule has 1 amide bonds. The lowest BCUT2D eigenvalue weighted by atomic mass is 9.79. The van der Waals surface area contributed by atoms with E-state index in [2.05, 4.69) is 22.1 Å². The van der Waals surface area contributed by atoms with E-state index in [-0.39, 0.29) is 11.9 Å². The van der Waals surface area contributed by atoms with Crippen LogP contribution in [-0.2, 0) is 0 Å². The molecule has 2 bridgehead atoms. The number of fused-ring (bicyclic) bond motifs is 3. The van der Waals surface area contributed by atoms with Gasteiger partial charge in [-0.05, 0) is 81.6 Å². The molecule has 3 aliphatic rings. The van der Waals surface area contributed by atoms with Crippen molar-refractivity contribution in [3.63, 3.8) is 0 Å². The van der Waals surface area contributed by atoms with Crippen molar-refractivity contribution >= 4 is 5.91 Å². The topological polar surface area (TPSA) is 54.5 Å². The number of carbonyl (C=O) groups is 1. The first-order valence-corrected chi connectivity index (χ1v) is 9.35. The van der Waals surface area contributed by atoms with Gasteiger partial charge in [-0.15, -0.1) is 0 Å². The molecule has 5 nitrogen and oxygen atoms in total. The van der Waals surface area contributed by atoms with Gasteiger partial charge >= 0.3 is 0 Å². The lowest BCUT2D eigenvalue weighted by Crippen LogP contribution is -2.62. The lowest BCUT2D eigenvalue weighted by Gasteiger charge is -2.49. The zero-order valence-corrected chi connectivity index (χ0v) is 15.3. The Balaban J connectivity index is 1.41. The fourth-order valence-electron chi connectivity index (χ4n) is 4.14. The summed E-state index contributed by atoms with van der Waals surface area (Å²) in [6.45, 7) is 6.55. The van der Waals surface area contributed by atoms with Crippen LogP contribution in [0.15, 0.2) is 42.6 Å². The van der Waals surface area contributed by atoms with Gasteiger partial charge in [0.2, 0.25) is 5.88 Å². The summed E-state index contributed by atoms with van der Waals surface area (Å²) in [6, 6.07) is 11.7. The van der Waals surface area contributed by atoms with E-state index < -0.39 is 0 Å². The summed E-state index contributed by atoms with van der Waals surface area (Å²) in [7, 11) is 0. The van der Waals surface area contributed by atoms with Crippen molar-refractivity contribution in [2.24, 2.45) is 5.92 Å². The van der Waals surface area contributed by atoms with Crippen LogP contribution in [-0.4, -0.2) is 41.0 Å². The summed E-state index contributed by atoms with van der Waals surface area (Å²) in [5.41, 5.74) is 1.76. The van der Waals surface area contributed by atoms with Crippen molar-refractivity contribution in [2.75, 3.05) is 13.1 Å². The minimum Gasteiger partial charge on any atom is -0.439 e. The third-order valence-corrected chi connectivity index (χ3v) is 5.70. The van der Waals surface area contributed by atoms with Crippen LogP contribution in [0.1, 0.15) is 35.7 Å². The maximum absolute atomic E-state index is 12.7. The standard InChI is InChI=1S/C21H25N3O2/c1-14-7-10-22-19(13-14)26-18-5-3-17(4-6-18)21(25)23-20-15(2)24-11-8-16(20)9-12-24/h3-7,10,13,15-16,20H,8-9,11-12H2,1-2H3,(H,23,25). The molecule has 1 aromatic carbocycles. The molecule has 26 heavy (non-hydrogen) atoms. The molecular weight excluding hydrogens is 326 g/mol. The van der Waals surface area contributed by atoms with Gasteiger partial charge in [0.1, 0.15) is 5.75 Å². The first-order chi connectivity index (χ1) is 12.6. The number of benzene rings is 1. The van der Waals surface area contributed by atoms with Gasteiger partial charge in [0, 0.05) is 29.9 Å². The van der Waals surface area contributed by atoms with E-state index in [1.165, 1.54) is 12.8 Å². The molecule has 0 aliphatic carbocycles. The number of nitrogens with zero attached hydrogens (tertiary/aromatic N) is 2. The van der Waals surface area contributed by atoms with E-state index >= 15 is 0 Å². The highest BCUT2D eigenvalue weighted by atomic mass is 16.5. The van der Waals surface area contributed by atoms with Gasteiger partial charge in [-0.25, -0.2) is 4.98 Å². The second-order valence-corrected chi connectivity index (χ2v) is 7.41. The molecule has 0 radical (unpaired) electrons. The molecule has 136 valence electrons. The minimum atomic E-state index is -0.00386. The predicted molar refractivity (Wildman–Crippen MR) is 101 cm³/mol. The number of hydrogen-bond acceptors (Lipinski definition) is 4. The van der Waals surface area contributed by atoms with Crippen LogP contribution >= 0.6 is 0 Å². The Labute approximate surface area is 154 Å². The van der Waals surface area contributed by atoms with Gasteiger partial charge in [0.15, 0.2) is 0 Å². The van der Waals surface area contributed by atoms with Gasteiger partial charge in [0.05, 0.1) is 0 Å². The summed E-state index contributed by atoms with van der Waals surface area (Å²) in [4.78, 5) is 19.3. The monoisotopic (exact) mass is 351 g/mol. The second kappa shape index (κ2) is 7.08. The smallest absolute Gasteiger partial charge is 0.251 e. The Hall–Kier alpha value is -2.40. The van der Waals surface area contributed by atoms with E-state index in [0.29, 0.717) is 29.2 Å². The number of hydrogen-bond donors (Lipinski definition) is 1. The van der Waals surface area contributed by atoms with Gasteiger partial charge in [-0.2, -0.15) is 0 Å². The van der Waals surface area contributed by atoms with Crippen molar-refractivity contribution < 1.29 is 9.53 Å². The Morgan fingerprint density at radius 3 is 2.58 bits per heavy atom. The van der Waals surface area contributed by atoms with Crippen LogP contribution in [0.25, 0.3) is 0 Å². The summed E-state index contributed by atoms with van der Waals surface area (Å²) >= 11 is 0. The molecule has 5 rings (SSSR count). The largest absolute Gasteiger partial charge is 0.439 e. The Kier molecular flexibility index (Phi) is 4.64. The third-order valence-electron chi connectivity index (χ3n) is 5.70. The summed E-state index contributed by atoms with van der Waals surface area (Å²) in [6.07, 6.45) is 4.10. The number of nitrogens with one attached hydrogen (secondary N) is 1. The number of carbonyl (C=O) groups excluding carboxylic acids is 1. The lowest BCUT2D eigenvalue weighted by molar-refractivity contribution is 0.0217. The molecule has 0 spiro atoms. The Bertz CT molecular complexity index is 780. The third kappa shape index (κ3) is 3.44. The Morgan fingerprint density at radius 1 is 1.19 bits per heavy atom. The molecule has 3 fully saturated rings. The molecule has 0 saturated carbocycles. The van der Waals surface area contributed by atoms with E-state index in [1.54, 1.807) is 6.20 Å². The number of pyridine rings is 1. The number of rotatable bonds is 4. The fraction of sp³-hybridized carbons (Fsp3) is 0.429. The quantitative estimate of drug-likeness (QED) is 0.917. The average Bonchev–Trinajstić information content (AvgIpc) is 2.65. The minimum absolute atomic E-state index is 0.00386. The van der Waals surface area contributed by atoms with E-state index in [4.69, 9.17) is 4.74 Å². The second-order valence-electron chi connectivity index (χ2n) is 7.41. The first kappa shape index (κ1) is 17.0. The van der Waals surface area contributed by atoms with E-state index in [0.717, 1.165) is 18.7 Å². The van der Waals surface area contributed by atoms with Gasteiger partial charge in [-0.3, -0.25) is 9.69 Å². The molecule has 2 aromatic rings. The molecule has 1 N–H and O–H groups in total. The zero-order valence-electron chi connectivity index (χ0n) is 15.3. The molecule has 2 atom stereocenters. The Morgan fingerprint density at radius 2 is 1.92 bits per heavy atom.